The molecule has 1 heterocycles. The number of hydrogen-bond donors (Lipinski definition) is 2. The van der Waals surface area contributed by atoms with Crippen molar-refractivity contribution in [3.05, 3.63) is 118 Å². The van der Waals surface area contributed by atoms with Crippen LogP contribution in [0.5, 0.6) is 0 Å². The third-order valence-electron chi connectivity index (χ3n) is 7.38. The Labute approximate surface area is 268 Å². The maximum atomic E-state index is 13.4. The van der Waals surface area contributed by atoms with E-state index in [1.165, 1.54) is 0 Å². The van der Waals surface area contributed by atoms with Gasteiger partial charge in [-0.25, -0.2) is 4.98 Å². The molecule has 0 aliphatic heterocycles. The Hall–Kier alpha value is -3.90. The van der Waals surface area contributed by atoms with Crippen molar-refractivity contribution in [2.45, 2.75) is 45.8 Å². The van der Waals surface area contributed by atoms with E-state index in [9.17, 15) is 4.79 Å². The van der Waals surface area contributed by atoms with Gasteiger partial charge in [0.1, 0.15) is 0 Å². The molecule has 0 bridgehead atoms. The van der Waals surface area contributed by atoms with Crippen LogP contribution in [-0.4, -0.2) is 38.1 Å². The Morgan fingerprint density at radius 1 is 1.09 bits per heavy atom. The third-order valence-corrected chi connectivity index (χ3v) is 8.59. The summed E-state index contributed by atoms with van der Waals surface area (Å²) in [6.45, 7) is 5.66. The van der Waals surface area contributed by atoms with E-state index in [2.05, 4.69) is 35.5 Å². The van der Waals surface area contributed by atoms with Gasteiger partial charge < -0.3 is 20.1 Å². The lowest BCUT2D eigenvalue weighted by atomic mass is 9.98. The average Bonchev–Trinajstić information content (AvgIpc) is 3.44. The number of halogens is 2. The van der Waals surface area contributed by atoms with Crippen LogP contribution < -0.4 is 10.6 Å². The van der Waals surface area contributed by atoms with Crippen molar-refractivity contribution in [2.75, 3.05) is 11.9 Å². The van der Waals surface area contributed by atoms with Crippen molar-refractivity contribution in [2.24, 2.45) is 5.92 Å². The van der Waals surface area contributed by atoms with Crippen LogP contribution in [0.1, 0.15) is 42.7 Å². The number of hydrogen-bond acceptors (Lipinski definition) is 4. The summed E-state index contributed by atoms with van der Waals surface area (Å²) >= 11 is 18.8. The van der Waals surface area contributed by atoms with Gasteiger partial charge in [0.15, 0.2) is 5.11 Å². The highest BCUT2D eigenvalue weighted by Crippen LogP contribution is 2.27. The Morgan fingerprint density at radius 3 is 2.53 bits per heavy atom. The van der Waals surface area contributed by atoms with E-state index in [-0.39, 0.29) is 24.3 Å². The van der Waals surface area contributed by atoms with Gasteiger partial charge in [-0.3, -0.25) is 4.79 Å². The van der Waals surface area contributed by atoms with Crippen LogP contribution in [0.15, 0.2) is 85.3 Å². The standard InChI is InChI=1S/C33H34Cl2N6OS/c1-3-23(2)30(39-31(42)16-28-18-37-22-41(28)19-25-14-12-24(17-36)13-15-25)21-40(20-26-8-7-11-29(34)32(26)35)33(43)38-27-9-5-4-6-10-27/h4-15,18,22-23,30H,3,16,19-21H2,1-2H3,(H,38,43)(H,39,42). The van der Waals surface area contributed by atoms with Gasteiger partial charge in [-0.1, -0.05) is 85.9 Å². The predicted octanol–water partition coefficient (Wildman–Crippen LogP) is 7.08. The molecule has 1 amide bonds. The van der Waals surface area contributed by atoms with Gasteiger partial charge in [-0.05, 0) is 59.6 Å². The zero-order valence-corrected chi connectivity index (χ0v) is 26.5. The smallest absolute Gasteiger partial charge is 0.226 e. The summed E-state index contributed by atoms with van der Waals surface area (Å²) in [5.41, 5.74) is 4.14. The lowest BCUT2D eigenvalue weighted by molar-refractivity contribution is -0.121. The molecule has 43 heavy (non-hydrogen) atoms. The van der Waals surface area contributed by atoms with Crippen LogP contribution in [0.3, 0.4) is 0 Å². The van der Waals surface area contributed by atoms with Gasteiger partial charge in [0.25, 0.3) is 0 Å². The van der Waals surface area contributed by atoms with Gasteiger partial charge in [-0.15, -0.1) is 0 Å². The normalized spacial score (nSPS) is 12.2. The molecule has 2 unspecified atom stereocenters. The minimum atomic E-state index is -0.194. The van der Waals surface area contributed by atoms with Gasteiger partial charge in [0, 0.05) is 43.3 Å². The number of anilines is 1. The molecule has 0 saturated heterocycles. The number of benzene rings is 3. The van der Waals surface area contributed by atoms with E-state index < -0.39 is 0 Å². The van der Waals surface area contributed by atoms with Crippen LogP contribution in [0.4, 0.5) is 5.69 Å². The first kappa shape index (κ1) is 32.0. The number of aromatic nitrogens is 2. The number of nitrogens with zero attached hydrogens (tertiary/aromatic N) is 4. The molecule has 0 fully saturated rings. The Bertz CT molecular complexity index is 1570. The first-order valence-corrected chi connectivity index (χ1v) is 15.2. The van der Waals surface area contributed by atoms with Crippen LogP contribution in [0, 0.1) is 17.2 Å². The van der Waals surface area contributed by atoms with E-state index in [0.717, 1.165) is 28.9 Å². The molecule has 0 radical (unpaired) electrons. The molecule has 7 nitrogen and oxygen atoms in total. The molecule has 0 saturated carbocycles. The number of amides is 1. The minimum Gasteiger partial charge on any atom is -0.351 e. The molecule has 0 aliphatic carbocycles. The van der Waals surface area contributed by atoms with Crippen molar-refractivity contribution in [3.63, 3.8) is 0 Å². The molecular weight excluding hydrogens is 599 g/mol. The lowest BCUT2D eigenvalue weighted by Crippen LogP contribution is -2.50. The quantitative estimate of drug-likeness (QED) is 0.162. The molecule has 10 heteroatoms. The second-order valence-corrected chi connectivity index (χ2v) is 11.6. The SMILES string of the molecule is CCC(C)C(CN(Cc1cccc(Cl)c1Cl)C(=S)Nc1ccccc1)NC(=O)Cc1cncn1Cc1ccc(C#N)cc1. The van der Waals surface area contributed by atoms with Crippen molar-refractivity contribution >= 4 is 52.1 Å². The maximum absolute atomic E-state index is 13.4. The number of para-hydroxylation sites is 1. The number of nitriles is 1. The van der Waals surface area contributed by atoms with Crippen molar-refractivity contribution in [1.29, 1.82) is 5.26 Å². The number of nitrogens with one attached hydrogen (secondary N) is 2. The molecule has 0 spiro atoms. The summed E-state index contributed by atoms with van der Waals surface area (Å²) in [5.74, 6) is 0.0684. The summed E-state index contributed by atoms with van der Waals surface area (Å²) in [6.07, 6.45) is 4.48. The van der Waals surface area contributed by atoms with E-state index in [1.807, 2.05) is 64.1 Å². The first-order valence-electron chi connectivity index (χ1n) is 14.1. The Balaban J connectivity index is 1.50. The fraction of sp³-hybridized carbons (Fsp3) is 0.273. The van der Waals surface area contributed by atoms with Crippen molar-refractivity contribution in [3.8, 4) is 6.07 Å². The number of carbonyl (C=O) groups excluding carboxylic acids is 1. The van der Waals surface area contributed by atoms with Crippen LogP contribution in [0.2, 0.25) is 10.0 Å². The number of imidazole rings is 1. The van der Waals surface area contributed by atoms with Gasteiger partial charge in [-0.2, -0.15) is 5.26 Å². The van der Waals surface area contributed by atoms with Crippen molar-refractivity contribution < 1.29 is 4.79 Å². The molecule has 3 aromatic carbocycles. The minimum absolute atomic E-state index is 0.102. The number of thiocarbonyl (C=S) groups is 1. The van der Waals surface area contributed by atoms with Crippen LogP contribution in [0.25, 0.3) is 0 Å². The summed E-state index contributed by atoms with van der Waals surface area (Å²) in [4.78, 5) is 19.7. The molecule has 1 aromatic heterocycles. The zero-order chi connectivity index (χ0) is 30.8. The Morgan fingerprint density at radius 2 is 1.84 bits per heavy atom. The first-order chi connectivity index (χ1) is 20.8. The molecule has 2 N–H and O–H groups in total. The second-order valence-electron chi connectivity index (χ2n) is 10.4. The highest BCUT2D eigenvalue weighted by molar-refractivity contribution is 7.80. The highest BCUT2D eigenvalue weighted by Gasteiger charge is 2.25. The van der Waals surface area contributed by atoms with E-state index in [4.69, 9.17) is 40.7 Å². The van der Waals surface area contributed by atoms with E-state index in [0.29, 0.717) is 40.4 Å². The van der Waals surface area contributed by atoms with Crippen LogP contribution >= 0.6 is 35.4 Å². The third kappa shape index (κ3) is 9.04. The van der Waals surface area contributed by atoms with Crippen LogP contribution in [-0.2, 0) is 24.3 Å². The number of rotatable bonds is 12. The fourth-order valence-electron chi connectivity index (χ4n) is 4.65. The van der Waals surface area contributed by atoms with Gasteiger partial charge >= 0.3 is 0 Å². The summed E-state index contributed by atoms with van der Waals surface area (Å²) in [6, 6.07) is 24.6. The maximum Gasteiger partial charge on any atom is 0.226 e. The fourth-order valence-corrected chi connectivity index (χ4v) is 5.29. The van der Waals surface area contributed by atoms with Gasteiger partial charge in [0.05, 0.1) is 34.4 Å². The molecule has 4 rings (SSSR count). The summed E-state index contributed by atoms with van der Waals surface area (Å²) < 4.78 is 1.95. The monoisotopic (exact) mass is 632 g/mol. The van der Waals surface area contributed by atoms with Crippen molar-refractivity contribution in [1.82, 2.24) is 19.8 Å². The molecule has 2 atom stereocenters. The van der Waals surface area contributed by atoms with E-state index >= 15 is 0 Å². The number of carbonyl (C=O) groups is 1. The predicted molar refractivity (Wildman–Crippen MR) is 177 cm³/mol. The molecule has 0 aliphatic rings. The van der Waals surface area contributed by atoms with E-state index in [1.54, 1.807) is 30.7 Å². The molecule has 4 aromatic rings. The molecule has 222 valence electrons. The largest absolute Gasteiger partial charge is 0.351 e. The van der Waals surface area contributed by atoms with Gasteiger partial charge in [0.2, 0.25) is 5.91 Å². The highest BCUT2D eigenvalue weighted by atomic mass is 35.5. The summed E-state index contributed by atoms with van der Waals surface area (Å²) in [5, 5.41) is 17.1. The average molecular weight is 634 g/mol. The Kier molecular flexibility index (Phi) is 11.6. The summed E-state index contributed by atoms with van der Waals surface area (Å²) in [7, 11) is 0. The lowest BCUT2D eigenvalue weighted by Gasteiger charge is -2.33. The zero-order valence-electron chi connectivity index (χ0n) is 24.1. The topological polar surface area (TPSA) is 86.0 Å². The second kappa shape index (κ2) is 15.5. The molecular formula is C33H34Cl2N6OS.